The Morgan fingerprint density at radius 2 is 2.26 bits per heavy atom. The molecule has 0 fully saturated rings. The van der Waals surface area contributed by atoms with Gasteiger partial charge in [0.05, 0.1) is 11.9 Å². The summed E-state index contributed by atoms with van der Waals surface area (Å²) in [4.78, 5) is 19.0. The lowest BCUT2D eigenvalue weighted by molar-refractivity contribution is 0.0534. The van der Waals surface area contributed by atoms with Crippen molar-refractivity contribution in [2.45, 2.75) is 26.4 Å². The SMILES string of the molecule is CCOC(CC)c1nc(-c2cnn(C)c2)cc(=O)[nH]1. The first kappa shape index (κ1) is 13.5. The smallest absolute Gasteiger partial charge is 0.251 e. The Kier molecular flexibility index (Phi) is 4.11. The summed E-state index contributed by atoms with van der Waals surface area (Å²) < 4.78 is 7.25. The maximum Gasteiger partial charge on any atom is 0.251 e. The van der Waals surface area contributed by atoms with Gasteiger partial charge in [0.1, 0.15) is 11.9 Å². The summed E-state index contributed by atoms with van der Waals surface area (Å²) in [6.07, 6.45) is 4.09. The molecule has 1 atom stereocenters. The van der Waals surface area contributed by atoms with Crippen molar-refractivity contribution < 1.29 is 4.74 Å². The van der Waals surface area contributed by atoms with Gasteiger partial charge in [-0.2, -0.15) is 5.10 Å². The van der Waals surface area contributed by atoms with Crippen molar-refractivity contribution in [3.8, 4) is 11.3 Å². The summed E-state index contributed by atoms with van der Waals surface area (Å²) in [5.41, 5.74) is 1.26. The fourth-order valence-electron chi connectivity index (χ4n) is 1.92. The molecule has 1 unspecified atom stereocenters. The summed E-state index contributed by atoms with van der Waals surface area (Å²) in [5.74, 6) is 0.565. The van der Waals surface area contributed by atoms with Crippen LogP contribution in [0.1, 0.15) is 32.2 Å². The maximum absolute atomic E-state index is 11.7. The van der Waals surface area contributed by atoms with Gasteiger partial charge < -0.3 is 9.72 Å². The molecule has 0 amide bonds. The Labute approximate surface area is 111 Å². The van der Waals surface area contributed by atoms with Gasteiger partial charge in [-0.05, 0) is 13.3 Å². The number of ether oxygens (including phenoxy) is 1. The molecule has 2 aromatic heterocycles. The number of rotatable bonds is 5. The zero-order valence-electron chi connectivity index (χ0n) is 11.4. The molecular weight excluding hydrogens is 244 g/mol. The molecule has 2 heterocycles. The van der Waals surface area contributed by atoms with E-state index in [-0.39, 0.29) is 11.7 Å². The van der Waals surface area contributed by atoms with Crippen LogP contribution in [0.15, 0.2) is 23.3 Å². The second-order valence-electron chi connectivity index (χ2n) is 4.27. The third-order valence-corrected chi connectivity index (χ3v) is 2.80. The van der Waals surface area contributed by atoms with Crippen molar-refractivity contribution in [2.75, 3.05) is 6.61 Å². The van der Waals surface area contributed by atoms with Gasteiger partial charge in [-0.15, -0.1) is 0 Å². The molecule has 0 radical (unpaired) electrons. The van der Waals surface area contributed by atoms with E-state index in [9.17, 15) is 4.79 Å². The Hall–Kier alpha value is -1.95. The molecule has 6 nitrogen and oxygen atoms in total. The van der Waals surface area contributed by atoms with E-state index in [0.29, 0.717) is 18.1 Å². The summed E-state index contributed by atoms with van der Waals surface area (Å²) in [6.45, 7) is 4.50. The Balaban J connectivity index is 2.42. The van der Waals surface area contributed by atoms with Crippen LogP contribution in [0.25, 0.3) is 11.3 Å². The van der Waals surface area contributed by atoms with Crippen LogP contribution in [0.2, 0.25) is 0 Å². The molecule has 0 saturated carbocycles. The Morgan fingerprint density at radius 1 is 1.47 bits per heavy atom. The number of aromatic amines is 1. The highest BCUT2D eigenvalue weighted by Crippen LogP contribution is 2.19. The van der Waals surface area contributed by atoms with Crippen LogP contribution < -0.4 is 5.56 Å². The van der Waals surface area contributed by atoms with Crippen molar-refractivity contribution in [2.24, 2.45) is 7.05 Å². The highest BCUT2D eigenvalue weighted by Gasteiger charge is 2.14. The predicted octanol–water partition coefficient (Wildman–Crippen LogP) is 1.66. The van der Waals surface area contributed by atoms with Gasteiger partial charge in [0.15, 0.2) is 0 Å². The lowest BCUT2D eigenvalue weighted by Crippen LogP contribution is -2.16. The minimum atomic E-state index is -0.186. The maximum atomic E-state index is 11.7. The van der Waals surface area contributed by atoms with Gasteiger partial charge in [-0.25, -0.2) is 4.98 Å². The molecule has 1 N–H and O–H groups in total. The van der Waals surface area contributed by atoms with E-state index in [2.05, 4.69) is 15.1 Å². The van der Waals surface area contributed by atoms with E-state index >= 15 is 0 Å². The van der Waals surface area contributed by atoms with Crippen LogP contribution in [-0.4, -0.2) is 26.4 Å². The van der Waals surface area contributed by atoms with Gasteiger partial charge in [0.2, 0.25) is 0 Å². The minimum Gasteiger partial charge on any atom is -0.371 e. The number of hydrogen-bond donors (Lipinski definition) is 1. The van der Waals surface area contributed by atoms with E-state index in [1.807, 2.05) is 27.1 Å². The van der Waals surface area contributed by atoms with Gasteiger partial charge in [-0.1, -0.05) is 6.92 Å². The standard InChI is InChI=1S/C13H18N4O2/c1-4-11(19-5-2)13-15-10(6-12(18)16-13)9-7-14-17(3)8-9/h6-8,11H,4-5H2,1-3H3,(H,15,16,18). The molecule has 102 valence electrons. The molecule has 0 bridgehead atoms. The number of aromatic nitrogens is 4. The molecule has 0 spiro atoms. The minimum absolute atomic E-state index is 0.179. The molecule has 19 heavy (non-hydrogen) atoms. The van der Waals surface area contributed by atoms with Crippen LogP contribution in [0.4, 0.5) is 0 Å². The number of nitrogens with zero attached hydrogens (tertiary/aromatic N) is 3. The molecule has 0 saturated heterocycles. The van der Waals surface area contributed by atoms with E-state index < -0.39 is 0 Å². The summed E-state index contributed by atoms with van der Waals surface area (Å²) in [5, 5.41) is 4.09. The average molecular weight is 262 g/mol. The second-order valence-corrected chi connectivity index (χ2v) is 4.27. The first-order chi connectivity index (χ1) is 9.13. The number of hydrogen-bond acceptors (Lipinski definition) is 4. The van der Waals surface area contributed by atoms with Gasteiger partial charge >= 0.3 is 0 Å². The average Bonchev–Trinajstić information content (AvgIpc) is 2.82. The molecule has 2 aromatic rings. The highest BCUT2D eigenvalue weighted by molar-refractivity contribution is 5.56. The van der Waals surface area contributed by atoms with E-state index in [1.54, 1.807) is 10.9 Å². The zero-order valence-corrected chi connectivity index (χ0v) is 11.4. The lowest BCUT2D eigenvalue weighted by atomic mass is 10.2. The van der Waals surface area contributed by atoms with Crippen molar-refractivity contribution in [1.82, 2.24) is 19.7 Å². The summed E-state index contributed by atoms with van der Waals surface area (Å²) in [7, 11) is 1.83. The first-order valence-corrected chi connectivity index (χ1v) is 6.36. The van der Waals surface area contributed by atoms with Crippen LogP contribution in [-0.2, 0) is 11.8 Å². The van der Waals surface area contributed by atoms with E-state index in [0.717, 1.165) is 12.0 Å². The largest absolute Gasteiger partial charge is 0.371 e. The lowest BCUT2D eigenvalue weighted by Gasteiger charge is -2.14. The molecule has 0 aliphatic rings. The third-order valence-electron chi connectivity index (χ3n) is 2.80. The van der Waals surface area contributed by atoms with Gasteiger partial charge in [0.25, 0.3) is 5.56 Å². The van der Waals surface area contributed by atoms with Crippen molar-refractivity contribution in [1.29, 1.82) is 0 Å². The summed E-state index contributed by atoms with van der Waals surface area (Å²) >= 11 is 0. The molecule has 0 aliphatic carbocycles. The van der Waals surface area contributed by atoms with Crippen molar-refractivity contribution in [3.05, 3.63) is 34.6 Å². The predicted molar refractivity (Wildman–Crippen MR) is 71.7 cm³/mol. The molecule has 6 heteroatoms. The second kappa shape index (κ2) is 5.79. The monoisotopic (exact) mass is 262 g/mol. The van der Waals surface area contributed by atoms with Gasteiger partial charge in [0, 0.05) is 31.5 Å². The molecular formula is C13H18N4O2. The van der Waals surface area contributed by atoms with Gasteiger partial charge in [-0.3, -0.25) is 9.48 Å². The molecule has 0 aromatic carbocycles. The van der Waals surface area contributed by atoms with E-state index in [1.165, 1.54) is 6.07 Å². The van der Waals surface area contributed by atoms with Crippen LogP contribution >= 0.6 is 0 Å². The van der Waals surface area contributed by atoms with Crippen molar-refractivity contribution >= 4 is 0 Å². The number of aryl methyl sites for hydroxylation is 1. The molecule has 2 rings (SSSR count). The Bertz CT molecular complexity index is 603. The first-order valence-electron chi connectivity index (χ1n) is 6.36. The number of H-pyrrole nitrogens is 1. The van der Waals surface area contributed by atoms with Crippen molar-refractivity contribution in [3.63, 3.8) is 0 Å². The molecule has 0 aliphatic heterocycles. The highest BCUT2D eigenvalue weighted by atomic mass is 16.5. The topological polar surface area (TPSA) is 72.8 Å². The third kappa shape index (κ3) is 3.08. The fourth-order valence-corrected chi connectivity index (χ4v) is 1.92. The number of nitrogens with one attached hydrogen (secondary N) is 1. The van der Waals surface area contributed by atoms with E-state index in [4.69, 9.17) is 4.74 Å². The summed E-state index contributed by atoms with van der Waals surface area (Å²) in [6, 6.07) is 1.47. The quantitative estimate of drug-likeness (QED) is 0.889. The van der Waals surface area contributed by atoms with Crippen LogP contribution in [0.3, 0.4) is 0 Å². The normalized spacial score (nSPS) is 12.6. The zero-order chi connectivity index (χ0) is 13.8. The van der Waals surface area contributed by atoms with Crippen LogP contribution in [0, 0.1) is 0 Å². The Morgan fingerprint density at radius 3 is 2.84 bits per heavy atom. The fraction of sp³-hybridized carbons (Fsp3) is 0.462. The van der Waals surface area contributed by atoms with Crippen LogP contribution in [0.5, 0.6) is 0 Å².